The number of anilines is 1. The molecule has 3 N–H and O–H groups in total. The van der Waals surface area contributed by atoms with Gasteiger partial charge in [0.2, 0.25) is 0 Å². The Bertz CT molecular complexity index is 558. The highest BCUT2D eigenvalue weighted by atomic mass is 35.5. The summed E-state index contributed by atoms with van der Waals surface area (Å²) in [5.74, 6) is 0.314. The van der Waals surface area contributed by atoms with E-state index in [1.807, 2.05) is 6.07 Å². The van der Waals surface area contributed by atoms with E-state index in [-0.39, 0.29) is 6.61 Å². The normalized spacial score (nSPS) is 10.5. The average molecular weight is 269 g/mol. The molecule has 1 aromatic heterocycles. The predicted molar refractivity (Wildman–Crippen MR) is 70.0 cm³/mol. The van der Waals surface area contributed by atoms with Gasteiger partial charge in [-0.1, -0.05) is 35.3 Å². The smallest absolute Gasteiger partial charge is 0.128 e. The molecule has 0 saturated heterocycles. The number of aliphatic hydroxyl groups excluding tert-OH is 1. The van der Waals surface area contributed by atoms with Crippen molar-refractivity contribution in [1.29, 1.82) is 0 Å². The monoisotopic (exact) mass is 268 g/mol. The highest BCUT2D eigenvalue weighted by Crippen LogP contribution is 2.33. The van der Waals surface area contributed by atoms with Gasteiger partial charge in [0, 0.05) is 22.9 Å². The molecule has 0 aliphatic carbocycles. The zero-order valence-electron chi connectivity index (χ0n) is 8.82. The van der Waals surface area contributed by atoms with Crippen LogP contribution >= 0.6 is 23.2 Å². The molecule has 0 bridgehead atoms. The fourth-order valence-corrected chi connectivity index (χ4v) is 1.93. The van der Waals surface area contributed by atoms with Crippen molar-refractivity contribution in [3.8, 4) is 11.1 Å². The number of pyridine rings is 1. The van der Waals surface area contributed by atoms with Gasteiger partial charge in [-0.05, 0) is 12.1 Å². The number of nitrogens with two attached hydrogens (primary N) is 1. The molecule has 5 heteroatoms. The molecule has 0 atom stereocenters. The second-order valence-electron chi connectivity index (χ2n) is 3.53. The van der Waals surface area contributed by atoms with E-state index >= 15 is 0 Å². The third kappa shape index (κ3) is 2.36. The molecule has 17 heavy (non-hydrogen) atoms. The van der Waals surface area contributed by atoms with Gasteiger partial charge >= 0.3 is 0 Å². The first-order valence-electron chi connectivity index (χ1n) is 4.93. The largest absolute Gasteiger partial charge is 0.392 e. The van der Waals surface area contributed by atoms with Crippen LogP contribution in [0.4, 0.5) is 5.82 Å². The van der Waals surface area contributed by atoms with Crippen molar-refractivity contribution in [2.45, 2.75) is 6.61 Å². The molecule has 0 aliphatic heterocycles. The molecule has 0 unspecified atom stereocenters. The third-order valence-corrected chi connectivity index (χ3v) is 3.25. The van der Waals surface area contributed by atoms with Crippen LogP contribution in [-0.2, 0) is 6.61 Å². The maximum absolute atomic E-state index is 9.13. The number of benzene rings is 1. The minimum atomic E-state index is -0.162. The van der Waals surface area contributed by atoms with Crippen molar-refractivity contribution in [2.24, 2.45) is 0 Å². The topological polar surface area (TPSA) is 59.1 Å². The maximum Gasteiger partial charge on any atom is 0.128 e. The molecule has 3 nitrogen and oxygen atoms in total. The van der Waals surface area contributed by atoms with Crippen LogP contribution in [0.2, 0.25) is 10.0 Å². The molecule has 2 rings (SSSR count). The summed E-state index contributed by atoms with van der Waals surface area (Å²) in [4.78, 5) is 4.01. The van der Waals surface area contributed by atoms with Crippen molar-refractivity contribution in [1.82, 2.24) is 4.98 Å². The van der Waals surface area contributed by atoms with Gasteiger partial charge in [-0.15, -0.1) is 0 Å². The first-order chi connectivity index (χ1) is 8.13. The Labute approximate surface area is 109 Å². The van der Waals surface area contributed by atoms with E-state index in [2.05, 4.69) is 4.98 Å². The molecular weight excluding hydrogens is 259 g/mol. The fourth-order valence-electron chi connectivity index (χ4n) is 1.52. The quantitative estimate of drug-likeness (QED) is 0.880. The average Bonchev–Trinajstić information content (AvgIpc) is 2.34. The van der Waals surface area contributed by atoms with Gasteiger partial charge in [0.25, 0.3) is 0 Å². The Hall–Kier alpha value is -1.29. The molecule has 0 radical (unpaired) electrons. The molecular formula is C12H10Cl2N2O. The zero-order chi connectivity index (χ0) is 12.4. The number of halogens is 2. The van der Waals surface area contributed by atoms with Crippen molar-refractivity contribution >= 4 is 29.0 Å². The molecule has 0 fully saturated rings. The lowest BCUT2D eigenvalue weighted by Gasteiger charge is -2.08. The predicted octanol–water partition coefficient (Wildman–Crippen LogP) is 3.13. The van der Waals surface area contributed by atoms with Crippen LogP contribution in [0, 0.1) is 0 Å². The summed E-state index contributed by atoms with van der Waals surface area (Å²) in [6.45, 7) is -0.162. The summed E-state index contributed by atoms with van der Waals surface area (Å²) < 4.78 is 0. The minimum Gasteiger partial charge on any atom is -0.392 e. The molecule has 2 aromatic rings. The minimum absolute atomic E-state index is 0.162. The number of hydrogen-bond acceptors (Lipinski definition) is 3. The second kappa shape index (κ2) is 4.92. The van der Waals surface area contributed by atoms with Gasteiger partial charge in [0.05, 0.1) is 16.7 Å². The van der Waals surface area contributed by atoms with Crippen LogP contribution < -0.4 is 5.73 Å². The van der Waals surface area contributed by atoms with E-state index < -0.39 is 0 Å². The Morgan fingerprint density at radius 3 is 2.76 bits per heavy atom. The number of nitrogen functional groups attached to an aromatic ring is 1. The third-order valence-electron chi connectivity index (χ3n) is 2.43. The summed E-state index contributed by atoms with van der Waals surface area (Å²) in [6, 6.07) is 7.10. The SMILES string of the molecule is Nc1ncc(-c2cccc(Cl)c2Cl)cc1CO. The van der Waals surface area contributed by atoms with Crippen molar-refractivity contribution < 1.29 is 5.11 Å². The first-order valence-corrected chi connectivity index (χ1v) is 5.68. The lowest BCUT2D eigenvalue weighted by atomic mass is 10.1. The Morgan fingerprint density at radius 2 is 2.06 bits per heavy atom. The Morgan fingerprint density at radius 1 is 1.29 bits per heavy atom. The van der Waals surface area contributed by atoms with E-state index in [4.69, 9.17) is 34.0 Å². The van der Waals surface area contributed by atoms with Gasteiger partial charge in [-0.3, -0.25) is 0 Å². The van der Waals surface area contributed by atoms with Crippen LogP contribution in [0.1, 0.15) is 5.56 Å². The van der Waals surface area contributed by atoms with Crippen molar-refractivity contribution in [3.63, 3.8) is 0 Å². The molecule has 0 aliphatic rings. The summed E-state index contributed by atoms with van der Waals surface area (Å²) in [7, 11) is 0. The van der Waals surface area contributed by atoms with Crippen molar-refractivity contribution in [2.75, 3.05) is 5.73 Å². The molecule has 88 valence electrons. The van der Waals surface area contributed by atoms with E-state index in [0.29, 0.717) is 21.4 Å². The maximum atomic E-state index is 9.13. The number of aromatic nitrogens is 1. The molecule has 0 spiro atoms. The first kappa shape index (κ1) is 12.2. The van der Waals surface area contributed by atoms with E-state index in [0.717, 1.165) is 11.1 Å². The van der Waals surface area contributed by atoms with Crippen LogP contribution in [0.15, 0.2) is 30.5 Å². The van der Waals surface area contributed by atoms with Gasteiger partial charge in [-0.2, -0.15) is 0 Å². The van der Waals surface area contributed by atoms with Gasteiger partial charge < -0.3 is 10.8 Å². The van der Waals surface area contributed by atoms with Gasteiger partial charge in [0.15, 0.2) is 0 Å². The lowest BCUT2D eigenvalue weighted by Crippen LogP contribution is -1.98. The second-order valence-corrected chi connectivity index (χ2v) is 4.31. The van der Waals surface area contributed by atoms with Gasteiger partial charge in [0.1, 0.15) is 5.82 Å². The summed E-state index contributed by atoms with van der Waals surface area (Å²) in [5, 5.41) is 10.1. The molecule has 0 amide bonds. The number of rotatable bonds is 2. The van der Waals surface area contributed by atoms with E-state index in [9.17, 15) is 0 Å². The van der Waals surface area contributed by atoms with Crippen LogP contribution in [0.5, 0.6) is 0 Å². The molecule has 1 aromatic carbocycles. The standard InChI is InChI=1S/C12H10Cl2N2O/c13-10-3-1-2-9(11(10)14)7-4-8(6-17)12(15)16-5-7/h1-5,17H,6H2,(H2,15,16). The highest BCUT2D eigenvalue weighted by Gasteiger charge is 2.09. The molecule has 1 heterocycles. The zero-order valence-corrected chi connectivity index (χ0v) is 10.3. The summed E-state index contributed by atoms with van der Waals surface area (Å²) >= 11 is 12.1. The Kier molecular flexibility index (Phi) is 3.52. The van der Waals surface area contributed by atoms with Crippen LogP contribution in [0.25, 0.3) is 11.1 Å². The number of hydrogen-bond donors (Lipinski definition) is 2. The highest BCUT2D eigenvalue weighted by molar-refractivity contribution is 6.43. The van der Waals surface area contributed by atoms with E-state index in [1.54, 1.807) is 24.4 Å². The number of aliphatic hydroxyl groups is 1. The van der Waals surface area contributed by atoms with E-state index in [1.165, 1.54) is 0 Å². The van der Waals surface area contributed by atoms with Crippen molar-refractivity contribution in [3.05, 3.63) is 46.1 Å². The lowest BCUT2D eigenvalue weighted by molar-refractivity contribution is 0.282. The van der Waals surface area contributed by atoms with Gasteiger partial charge in [-0.25, -0.2) is 4.98 Å². The number of nitrogens with zero attached hydrogens (tertiary/aromatic N) is 1. The fraction of sp³-hybridized carbons (Fsp3) is 0.0833. The summed E-state index contributed by atoms with van der Waals surface area (Å²) in [6.07, 6.45) is 1.60. The Balaban J connectivity index is 2.57. The summed E-state index contributed by atoms with van der Waals surface area (Å²) in [5.41, 5.74) is 7.72. The van der Waals surface area contributed by atoms with Crippen LogP contribution in [-0.4, -0.2) is 10.1 Å². The van der Waals surface area contributed by atoms with Crippen LogP contribution in [0.3, 0.4) is 0 Å². The molecule has 0 saturated carbocycles.